The zero-order chi connectivity index (χ0) is 16.9. The molecule has 0 amide bonds. The van der Waals surface area contributed by atoms with Crippen molar-refractivity contribution in [3.8, 4) is 0 Å². The topological polar surface area (TPSA) is 29.5 Å². The van der Waals surface area contributed by atoms with Crippen molar-refractivity contribution in [3.05, 3.63) is 48.0 Å². The number of hydrogen-bond acceptors (Lipinski definition) is 3. The number of rotatable bonds is 3. The SMILES string of the molecule is O=C(OC1CN2CCC1CC2)C1(c2ccc3ccccc3c2)CCC1. The number of nitrogens with zero attached hydrogens (tertiary/aromatic N) is 1. The van der Waals surface area contributed by atoms with E-state index in [0.717, 1.165) is 31.4 Å². The molecule has 0 N–H and O–H groups in total. The predicted octanol–water partition coefficient (Wildman–Crippen LogP) is 3.90. The average Bonchev–Trinajstić information content (AvgIpc) is 2.62. The minimum atomic E-state index is -0.407. The van der Waals surface area contributed by atoms with Crippen molar-refractivity contribution in [1.29, 1.82) is 0 Å². The van der Waals surface area contributed by atoms with Crippen LogP contribution in [0.2, 0.25) is 0 Å². The minimum absolute atomic E-state index is 0.0211. The highest BCUT2D eigenvalue weighted by molar-refractivity contribution is 5.89. The summed E-state index contributed by atoms with van der Waals surface area (Å²) >= 11 is 0. The second-order valence-electron chi connectivity index (χ2n) is 8.08. The summed E-state index contributed by atoms with van der Waals surface area (Å²) in [4.78, 5) is 15.6. The minimum Gasteiger partial charge on any atom is -0.460 e. The van der Waals surface area contributed by atoms with Crippen LogP contribution >= 0.6 is 0 Å². The molecule has 3 nitrogen and oxygen atoms in total. The fraction of sp³-hybridized carbons (Fsp3) is 0.500. The maximum absolute atomic E-state index is 13.2. The summed E-state index contributed by atoms with van der Waals surface area (Å²) in [5.41, 5.74) is 0.736. The Labute approximate surface area is 149 Å². The van der Waals surface area contributed by atoms with E-state index in [4.69, 9.17) is 4.74 Å². The molecular formula is C22H25NO2. The van der Waals surface area contributed by atoms with E-state index >= 15 is 0 Å². The lowest BCUT2D eigenvalue weighted by Gasteiger charge is -2.46. The maximum atomic E-state index is 13.2. The van der Waals surface area contributed by atoms with Crippen molar-refractivity contribution in [2.75, 3.05) is 19.6 Å². The first kappa shape index (κ1) is 15.4. The number of hydrogen-bond donors (Lipinski definition) is 0. The summed E-state index contributed by atoms with van der Waals surface area (Å²) in [5, 5.41) is 2.44. The molecule has 0 spiro atoms. The summed E-state index contributed by atoms with van der Waals surface area (Å²) in [6.45, 7) is 3.28. The third-order valence-corrected chi connectivity index (χ3v) is 6.75. The van der Waals surface area contributed by atoms with Crippen LogP contribution in [0, 0.1) is 5.92 Å². The van der Waals surface area contributed by atoms with E-state index in [0.29, 0.717) is 5.92 Å². The van der Waals surface area contributed by atoms with Crippen molar-refractivity contribution in [2.45, 2.75) is 43.6 Å². The molecule has 3 saturated heterocycles. The van der Waals surface area contributed by atoms with Gasteiger partial charge in [0.25, 0.3) is 0 Å². The van der Waals surface area contributed by atoms with Gasteiger partial charge in [0, 0.05) is 6.54 Å². The molecule has 0 radical (unpaired) electrons. The van der Waals surface area contributed by atoms with Crippen LogP contribution in [0.1, 0.15) is 37.7 Å². The lowest BCUT2D eigenvalue weighted by Crippen LogP contribution is -2.54. The van der Waals surface area contributed by atoms with Gasteiger partial charge >= 0.3 is 5.97 Å². The lowest BCUT2D eigenvalue weighted by molar-refractivity contribution is -0.169. The summed E-state index contributed by atoms with van der Waals surface area (Å²) < 4.78 is 6.12. The van der Waals surface area contributed by atoms with E-state index in [1.54, 1.807) is 0 Å². The van der Waals surface area contributed by atoms with Gasteiger partial charge in [-0.1, -0.05) is 48.9 Å². The monoisotopic (exact) mass is 335 g/mol. The zero-order valence-corrected chi connectivity index (χ0v) is 14.6. The third-order valence-electron chi connectivity index (χ3n) is 6.75. The molecule has 4 aliphatic rings. The molecule has 1 atom stereocenters. The number of ether oxygens (including phenoxy) is 1. The van der Waals surface area contributed by atoms with Crippen LogP contribution in [0.4, 0.5) is 0 Å². The highest BCUT2D eigenvalue weighted by Gasteiger charge is 2.49. The summed E-state index contributed by atoms with van der Waals surface area (Å²) in [7, 11) is 0. The molecule has 1 unspecified atom stereocenters. The molecule has 1 saturated carbocycles. The number of carbonyl (C=O) groups excluding carboxylic acids is 1. The van der Waals surface area contributed by atoms with Gasteiger partial charge < -0.3 is 4.74 Å². The van der Waals surface area contributed by atoms with Crippen LogP contribution < -0.4 is 0 Å². The van der Waals surface area contributed by atoms with Crippen molar-refractivity contribution in [2.24, 2.45) is 5.92 Å². The number of fused-ring (bicyclic) bond motifs is 4. The molecule has 1 aliphatic carbocycles. The van der Waals surface area contributed by atoms with E-state index in [2.05, 4.69) is 47.4 Å². The van der Waals surface area contributed by atoms with E-state index in [9.17, 15) is 4.79 Å². The third kappa shape index (κ3) is 2.48. The Bertz CT molecular complexity index is 803. The molecule has 3 heteroatoms. The molecule has 25 heavy (non-hydrogen) atoms. The van der Waals surface area contributed by atoms with Gasteiger partial charge in [-0.2, -0.15) is 0 Å². The number of benzene rings is 2. The fourth-order valence-corrected chi connectivity index (χ4v) is 4.92. The predicted molar refractivity (Wildman–Crippen MR) is 98.5 cm³/mol. The molecule has 2 aromatic rings. The zero-order valence-electron chi connectivity index (χ0n) is 14.6. The van der Waals surface area contributed by atoms with Gasteiger partial charge in [-0.3, -0.25) is 9.69 Å². The van der Waals surface area contributed by atoms with E-state index in [1.165, 1.54) is 36.7 Å². The first-order chi connectivity index (χ1) is 12.2. The molecule has 2 bridgehead atoms. The van der Waals surface area contributed by atoms with Gasteiger partial charge in [-0.05, 0) is 61.0 Å². The molecule has 6 rings (SSSR count). The van der Waals surface area contributed by atoms with Crippen LogP contribution in [-0.2, 0) is 14.9 Å². The van der Waals surface area contributed by atoms with E-state index in [1.807, 2.05) is 0 Å². The number of piperidine rings is 3. The number of carbonyl (C=O) groups is 1. The van der Waals surface area contributed by atoms with Crippen LogP contribution in [0.15, 0.2) is 42.5 Å². The van der Waals surface area contributed by atoms with Gasteiger partial charge in [-0.15, -0.1) is 0 Å². The quantitative estimate of drug-likeness (QED) is 0.797. The van der Waals surface area contributed by atoms with E-state index in [-0.39, 0.29) is 12.1 Å². The van der Waals surface area contributed by atoms with Crippen molar-refractivity contribution >= 4 is 16.7 Å². The molecule has 130 valence electrons. The lowest BCUT2D eigenvalue weighted by atomic mass is 9.64. The Hall–Kier alpha value is -1.87. The van der Waals surface area contributed by atoms with Crippen molar-refractivity contribution < 1.29 is 9.53 Å². The molecule has 2 aromatic carbocycles. The standard InChI is InChI=1S/C22H25NO2/c24-21(25-20-15-23-12-8-17(20)9-13-23)22(10-3-11-22)19-7-6-16-4-1-2-5-18(16)14-19/h1-2,4-7,14,17,20H,3,8-13,15H2. The Morgan fingerprint density at radius 1 is 1.04 bits per heavy atom. The van der Waals surface area contributed by atoms with E-state index < -0.39 is 5.41 Å². The van der Waals surface area contributed by atoms with Crippen molar-refractivity contribution in [3.63, 3.8) is 0 Å². The second kappa shape index (κ2) is 5.84. The van der Waals surface area contributed by atoms with Crippen LogP contribution in [0.3, 0.4) is 0 Å². The largest absolute Gasteiger partial charge is 0.460 e. The Morgan fingerprint density at radius 3 is 2.44 bits per heavy atom. The highest BCUT2D eigenvalue weighted by atomic mass is 16.5. The summed E-state index contributed by atoms with van der Waals surface area (Å²) in [6.07, 6.45) is 5.42. The first-order valence-electron chi connectivity index (χ1n) is 9.67. The Kier molecular flexibility index (Phi) is 3.60. The van der Waals surface area contributed by atoms with Gasteiger partial charge in [-0.25, -0.2) is 0 Å². The number of esters is 1. The fourth-order valence-electron chi connectivity index (χ4n) is 4.92. The van der Waals surface area contributed by atoms with Gasteiger partial charge in [0.1, 0.15) is 6.10 Å². The summed E-state index contributed by atoms with van der Waals surface area (Å²) in [5.74, 6) is 0.593. The average molecular weight is 335 g/mol. The first-order valence-corrected chi connectivity index (χ1v) is 9.67. The molecular weight excluding hydrogens is 310 g/mol. The van der Waals surface area contributed by atoms with Crippen LogP contribution in [-0.4, -0.2) is 36.6 Å². The van der Waals surface area contributed by atoms with Gasteiger partial charge in [0.15, 0.2) is 0 Å². The summed E-state index contributed by atoms with van der Waals surface area (Å²) in [6, 6.07) is 14.9. The van der Waals surface area contributed by atoms with Gasteiger partial charge in [0.05, 0.1) is 5.41 Å². The second-order valence-corrected chi connectivity index (χ2v) is 8.08. The smallest absolute Gasteiger partial charge is 0.316 e. The molecule has 0 aromatic heterocycles. The van der Waals surface area contributed by atoms with Gasteiger partial charge in [0.2, 0.25) is 0 Å². The maximum Gasteiger partial charge on any atom is 0.316 e. The van der Waals surface area contributed by atoms with Crippen LogP contribution in [0.25, 0.3) is 10.8 Å². The van der Waals surface area contributed by atoms with Crippen LogP contribution in [0.5, 0.6) is 0 Å². The molecule has 3 heterocycles. The molecule has 3 aliphatic heterocycles. The molecule has 4 fully saturated rings. The van der Waals surface area contributed by atoms with Crippen molar-refractivity contribution in [1.82, 2.24) is 4.90 Å². The Balaban J connectivity index is 1.42. The highest BCUT2D eigenvalue weighted by Crippen LogP contribution is 2.46. The normalized spacial score (nSPS) is 30.0. The Morgan fingerprint density at radius 2 is 1.80 bits per heavy atom.